The van der Waals surface area contributed by atoms with E-state index in [1.807, 2.05) is 48.5 Å². The number of nitrogens with zero attached hydrogens (tertiary/aromatic N) is 3. The van der Waals surface area contributed by atoms with Gasteiger partial charge >= 0.3 is 6.09 Å². The number of pyridine rings is 1. The molecule has 1 aromatic heterocycles. The molecule has 2 aromatic rings. The summed E-state index contributed by atoms with van der Waals surface area (Å²) in [7, 11) is 0. The highest BCUT2D eigenvalue weighted by atomic mass is 16.6. The number of morpholine rings is 1. The number of nitriles is 1. The van der Waals surface area contributed by atoms with Crippen LogP contribution in [0.1, 0.15) is 23.4 Å². The number of hydrogen-bond acceptors (Lipinski definition) is 5. The summed E-state index contributed by atoms with van der Waals surface area (Å²) in [6.45, 7) is 1.14. The molecule has 2 unspecified atom stereocenters. The molecule has 6 heteroatoms. The fourth-order valence-corrected chi connectivity index (χ4v) is 3.54. The molecule has 6 nitrogen and oxygen atoms in total. The Bertz CT molecular complexity index is 904. The number of carbonyl (C=O) groups excluding carboxylic acids is 1. The molecule has 1 amide bonds. The summed E-state index contributed by atoms with van der Waals surface area (Å²) in [6, 6.07) is 16.8. The molecule has 2 aliphatic rings. The SMILES string of the molecule is N#Cc1cccc(C2=CC3COCC(C2)N3C(=O)OCc2ccccc2)n1. The molecular formula is C21H19N3O3. The molecular weight excluding hydrogens is 342 g/mol. The Hall–Kier alpha value is -3.17. The fourth-order valence-electron chi connectivity index (χ4n) is 3.54. The molecule has 2 aliphatic heterocycles. The van der Waals surface area contributed by atoms with Gasteiger partial charge in [0.1, 0.15) is 18.4 Å². The number of ether oxygens (including phenoxy) is 2. The predicted molar refractivity (Wildman–Crippen MR) is 98.4 cm³/mol. The van der Waals surface area contributed by atoms with E-state index in [-0.39, 0.29) is 24.8 Å². The van der Waals surface area contributed by atoms with Crippen LogP contribution in [-0.4, -0.2) is 41.3 Å². The highest BCUT2D eigenvalue weighted by Gasteiger charge is 2.39. The lowest BCUT2D eigenvalue weighted by Crippen LogP contribution is -2.56. The maximum absolute atomic E-state index is 12.7. The van der Waals surface area contributed by atoms with Crippen LogP contribution in [0.15, 0.2) is 54.6 Å². The third-order valence-corrected chi connectivity index (χ3v) is 4.81. The standard InChI is InChI=1S/C21H19N3O3/c22-11-17-7-4-8-20(23-17)16-9-18-13-26-14-19(10-16)24(18)21(25)27-12-15-5-2-1-3-6-15/h1-9,18-19H,10,12-14H2. The predicted octanol–water partition coefficient (Wildman–Crippen LogP) is 3.15. The molecule has 136 valence electrons. The number of aromatic nitrogens is 1. The summed E-state index contributed by atoms with van der Waals surface area (Å²) in [5, 5.41) is 9.07. The number of benzene rings is 1. The van der Waals surface area contributed by atoms with Crippen molar-refractivity contribution in [2.24, 2.45) is 0 Å². The van der Waals surface area contributed by atoms with E-state index in [1.54, 1.807) is 11.0 Å². The van der Waals surface area contributed by atoms with Gasteiger partial charge in [-0.1, -0.05) is 42.5 Å². The van der Waals surface area contributed by atoms with Gasteiger partial charge in [-0.15, -0.1) is 0 Å². The van der Waals surface area contributed by atoms with E-state index in [9.17, 15) is 4.79 Å². The second-order valence-electron chi connectivity index (χ2n) is 6.62. The van der Waals surface area contributed by atoms with Gasteiger partial charge in [0.25, 0.3) is 0 Å². The van der Waals surface area contributed by atoms with Crippen LogP contribution >= 0.6 is 0 Å². The first-order chi connectivity index (χ1) is 13.2. The van der Waals surface area contributed by atoms with Crippen LogP contribution in [0, 0.1) is 11.3 Å². The van der Waals surface area contributed by atoms with E-state index in [0.29, 0.717) is 25.3 Å². The Labute approximate surface area is 157 Å². The zero-order valence-electron chi connectivity index (χ0n) is 14.7. The summed E-state index contributed by atoms with van der Waals surface area (Å²) >= 11 is 0. The highest BCUT2D eigenvalue weighted by Crippen LogP contribution is 2.32. The molecule has 0 N–H and O–H groups in total. The molecule has 3 heterocycles. The molecule has 0 radical (unpaired) electrons. The minimum atomic E-state index is -0.328. The van der Waals surface area contributed by atoms with E-state index < -0.39 is 0 Å². The fraction of sp³-hybridized carbons (Fsp3) is 0.286. The molecule has 0 spiro atoms. The van der Waals surface area contributed by atoms with Crippen molar-refractivity contribution >= 4 is 11.7 Å². The van der Waals surface area contributed by atoms with E-state index in [0.717, 1.165) is 16.8 Å². The zero-order chi connectivity index (χ0) is 18.6. The molecule has 2 bridgehead atoms. The second-order valence-corrected chi connectivity index (χ2v) is 6.62. The van der Waals surface area contributed by atoms with Crippen LogP contribution in [0.25, 0.3) is 5.57 Å². The highest BCUT2D eigenvalue weighted by molar-refractivity contribution is 5.73. The summed E-state index contributed by atoms with van der Waals surface area (Å²) in [4.78, 5) is 18.8. The van der Waals surface area contributed by atoms with Gasteiger partial charge in [0.05, 0.1) is 31.0 Å². The monoisotopic (exact) mass is 361 g/mol. The van der Waals surface area contributed by atoms with Gasteiger partial charge in [-0.05, 0) is 29.7 Å². The van der Waals surface area contributed by atoms with Crippen LogP contribution in [-0.2, 0) is 16.1 Å². The van der Waals surface area contributed by atoms with Crippen LogP contribution < -0.4 is 0 Å². The van der Waals surface area contributed by atoms with E-state index in [1.165, 1.54) is 0 Å². The number of carbonyl (C=O) groups is 1. The average Bonchev–Trinajstić information content (AvgIpc) is 2.72. The maximum Gasteiger partial charge on any atom is 0.411 e. The van der Waals surface area contributed by atoms with Crippen LogP contribution in [0.3, 0.4) is 0 Å². The van der Waals surface area contributed by atoms with Crippen LogP contribution in [0.4, 0.5) is 4.79 Å². The summed E-state index contributed by atoms with van der Waals surface area (Å²) in [5.74, 6) is 0. The molecule has 1 aromatic carbocycles. The quantitative estimate of drug-likeness (QED) is 0.839. The van der Waals surface area contributed by atoms with Gasteiger partial charge in [-0.25, -0.2) is 9.78 Å². The Kier molecular flexibility index (Phi) is 4.86. The lowest BCUT2D eigenvalue weighted by atomic mass is 9.92. The summed E-state index contributed by atoms with van der Waals surface area (Å²) in [5.41, 5.74) is 3.17. The molecule has 27 heavy (non-hydrogen) atoms. The maximum atomic E-state index is 12.7. The van der Waals surface area contributed by atoms with Gasteiger partial charge in [-0.2, -0.15) is 5.26 Å². The summed E-state index contributed by atoms with van der Waals surface area (Å²) < 4.78 is 11.2. The smallest absolute Gasteiger partial charge is 0.411 e. The largest absolute Gasteiger partial charge is 0.445 e. The third-order valence-electron chi connectivity index (χ3n) is 4.81. The molecule has 1 fully saturated rings. The number of hydrogen-bond donors (Lipinski definition) is 0. The molecule has 0 saturated carbocycles. The van der Waals surface area contributed by atoms with Gasteiger partial charge in [0.15, 0.2) is 0 Å². The first-order valence-electron chi connectivity index (χ1n) is 8.89. The number of fused-ring (bicyclic) bond motifs is 2. The van der Waals surface area contributed by atoms with E-state index in [4.69, 9.17) is 14.7 Å². The number of amides is 1. The first-order valence-corrected chi connectivity index (χ1v) is 8.89. The Morgan fingerprint density at radius 3 is 2.85 bits per heavy atom. The van der Waals surface area contributed by atoms with Crippen molar-refractivity contribution in [3.63, 3.8) is 0 Å². The van der Waals surface area contributed by atoms with Crippen molar-refractivity contribution in [3.05, 3.63) is 71.6 Å². The third kappa shape index (κ3) is 3.69. The Balaban J connectivity index is 1.51. The van der Waals surface area contributed by atoms with Crippen LogP contribution in [0.5, 0.6) is 0 Å². The van der Waals surface area contributed by atoms with Gasteiger partial charge in [0.2, 0.25) is 0 Å². The molecule has 0 aliphatic carbocycles. The zero-order valence-corrected chi connectivity index (χ0v) is 14.7. The number of rotatable bonds is 3. The van der Waals surface area contributed by atoms with E-state index in [2.05, 4.69) is 11.1 Å². The Morgan fingerprint density at radius 2 is 2.07 bits per heavy atom. The van der Waals surface area contributed by atoms with Crippen molar-refractivity contribution in [3.8, 4) is 6.07 Å². The van der Waals surface area contributed by atoms with Gasteiger partial charge in [-0.3, -0.25) is 4.90 Å². The normalized spacial score (nSPS) is 21.1. The molecule has 1 saturated heterocycles. The van der Waals surface area contributed by atoms with Gasteiger partial charge in [0, 0.05) is 0 Å². The van der Waals surface area contributed by atoms with Crippen molar-refractivity contribution in [1.29, 1.82) is 5.26 Å². The van der Waals surface area contributed by atoms with Crippen molar-refractivity contribution < 1.29 is 14.3 Å². The van der Waals surface area contributed by atoms with Crippen molar-refractivity contribution in [1.82, 2.24) is 9.88 Å². The molecule has 4 rings (SSSR count). The molecule has 2 atom stereocenters. The first kappa shape index (κ1) is 17.3. The summed E-state index contributed by atoms with van der Waals surface area (Å²) in [6.07, 6.45) is 2.30. The lowest BCUT2D eigenvalue weighted by Gasteiger charge is -2.43. The topological polar surface area (TPSA) is 75.5 Å². The Morgan fingerprint density at radius 1 is 1.22 bits per heavy atom. The average molecular weight is 361 g/mol. The van der Waals surface area contributed by atoms with E-state index >= 15 is 0 Å². The van der Waals surface area contributed by atoms with Gasteiger partial charge < -0.3 is 9.47 Å². The van der Waals surface area contributed by atoms with Crippen LogP contribution in [0.2, 0.25) is 0 Å². The minimum Gasteiger partial charge on any atom is -0.445 e. The van der Waals surface area contributed by atoms with Crippen molar-refractivity contribution in [2.45, 2.75) is 25.1 Å². The second kappa shape index (κ2) is 7.60. The minimum absolute atomic E-state index is 0.0976. The van der Waals surface area contributed by atoms with Crippen molar-refractivity contribution in [2.75, 3.05) is 13.2 Å². The lowest BCUT2D eigenvalue weighted by molar-refractivity contribution is -0.0342.